The highest BCUT2D eigenvalue weighted by molar-refractivity contribution is 9.10. The first-order valence-electron chi connectivity index (χ1n) is 4.94. The molecular formula is C11H10Br2ClNO. The van der Waals surface area contributed by atoms with Crippen molar-refractivity contribution in [2.24, 2.45) is 5.92 Å². The lowest BCUT2D eigenvalue weighted by Gasteiger charge is -2.18. The molecule has 1 aromatic carbocycles. The topological polar surface area (TPSA) is 20.3 Å². The maximum absolute atomic E-state index is 11.8. The largest absolute Gasteiger partial charge is 0.311 e. The summed E-state index contributed by atoms with van der Waals surface area (Å²) >= 11 is 13.0. The van der Waals surface area contributed by atoms with Gasteiger partial charge in [0.15, 0.2) is 0 Å². The minimum Gasteiger partial charge on any atom is -0.311 e. The van der Waals surface area contributed by atoms with Gasteiger partial charge in [0.2, 0.25) is 5.91 Å². The van der Waals surface area contributed by atoms with Gasteiger partial charge >= 0.3 is 0 Å². The number of nitrogens with zero attached hydrogens (tertiary/aromatic N) is 1. The van der Waals surface area contributed by atoms with Crippen LogP contribution in [-0.4, -0.2) is 17.8 Å². The van der Waals surface area contributed by atoms with Crippen LogP contribution in [0, 0.1) is 5.92 Å². The number of halogens is 3. The van der Waals surface area contributed by atoms with Gasteiger partial charge in [-0.15, -0.1) is 0 Å². The minimum absolute atomic E-state index is 0.143. The van der Waals surface area contributed by atoms with E-state index in [2.05, 4.69) is 31.9 Å². The maximum Gasteiger partial charge on any atom is 0.227 e. The summed E-state index contributed by atoms with van der Waals surface area (Å²) in [6.45, 7) is 0.736. The molecule has 16 heavy (non-hydrogen) atoms. The van der Waals surface area contributed by atoms with Gasteiger partial charge in [0, 0.05) is 22.8 Å². The van der Waals surface area contributed by atoms with Crippen molar-refractivity contribution in [1.82, 2.24) is 0 Å². The van der Waals surface area contributed by atoms with E-state index in [1.165, 1.54) is 0 Å². The Hall–Kier alpha value is -0.0600. The number of hydrogen-bond acceptors (Lipinski definition) is 1. The summed E-state index contributed by atoms with van der Waals surface area (Å²) in [6.07, 6.45) is 0.591. The van der Waals surface area contributed by atoms with Crippen LogP contribution in [0.5, 0.6) is 0 Å². The van der Waals surface area contributed by atoms with Gasteiger partial charge in [-0.2, -0.15) is 0 Å². The number of carbonyl (C=O) groups excluding carboxylic acids is 1. The molecule has 2 nitrogen and oxygen atoms in total. The lowest BCUT2D eigenvalue weighted by molar-refractivity contribution is -0.117. The fourth-order valence-corrected chi connectivity index (χ4v) is 2.84. The van der Waals surface area contributed by atoms with Crippen LogP contribution in [0.3, 0.4) is 0 Å². The van der Waals surface area contributed by atoms with Crippen LogP contribution in [-0.2, 0) is 4.79 Å². The van der Waals surface area contributed by atoms with Crippen LogP contribution >= 0.6 is 43.5 Å². The molecule has 86 valence electrons. The normalized spacial score (nSPS) is 20.6. The Morgan fingerprint density at radius 3 is 2.88 bits per heavy atom. The molecular weight excluding hydrogens is 357 g/mol. The molecule has 0 saturated carbocycles. The van der Waals surface area contributed by atoms with E-state index in [4.69, 9.17) is 11.6 Å². The van der Waals surface area contributed by atoms with Crippen LogP contribution in [0.25, 0.3) is 0 Å². The molecule has 5 heteroatoms. The molecule has 0 spiro atoms. The highest BCUT2D eigenvalue weighted by Crippen LogP contribution is 2.35. The zero-order valence-corrected chi connectivity index (χ0v) is 12.3. The number of benzene rings is 1. The Bertz CT molecular complexity index is 424. The second-order valence-electron chi connectivity index (χ2n) is 3.80. The Kier molecular flexibility index (Phi) is 3.93. The number of hydrogen-bond donors (Lipinski definition) is 0. The Morgan fingerprint density at radius 1 is 1.50 bits per heavy atom. The van der Waals surface area contributed by atoms with Crippen molar-refractivity contribution in [2.75, 3.05) is 16.8 Å². The monoisotopic (exact) mass is 365 g/mol. The van der Waals surface area contributed by atoms with Crippen molar-refractivity contribution in [2.45, 2.75) is 6.42 Å². The molecule has 1 aliphatic rings. The predicted molar refractivity (Wildman–Crippen MR) is 73.4 cm³/mol. The van der Waals surface area contributed by atoms with Crippen molar-refractivity contribution in [3.05, 3.63) is 27.7 Å². The van der Waals surface area contributed by atoms with Gasteiger partial charge in [-0.1, -0.05) is 33.6 Å². The summed E-state index contributed by atoms with van der Waals surface area (Å²) in [4.78, 5) is 13.6. The van der Waals surface area contributed by atoms with E-state index in [-0.39, 0.29) is 5.91 Å². The van der Waals surface area contributed by atoms with Crippen molar-refractivity contribution in [3.63, 3.8) is 0 Å². The van der Waals surface area contributed by atoms with Gasteiger partial charge < -0.3 is 4.90 Å². The standard InChI is InChI=1S/C11H10Br2ClNO/c12-5-7-4-10(16)15(6-7)9-3-1-2-8(13)11(9)14/h1-3,7H,4-6H2. The molecule has 1 aliphatic heterocycles. The van der Waals surface area contributed by atoms with E-state index in [9.17, 15) is 4.79 Å². The molecule has 1 saturated heterocycles. The molecule has 0 N–H and O–H groups in total. The molecule has 0 aromatic heterocycles. The third-order valence-electron chi connectivity index (χ3n) is 2.65. The molecule has 2 rings (SSSR count). The predicted octanol–water partition coefficient (Wildman–Crippen LogP) is 3.85. The number of carbonyl (C=O) groups is 1. The van der Waals surface area contributed by atoms with Crippen LogP contribution in [0.1, 0.15) is 6.42 Å². The Balaban J connectivity index is 2.31. The fourth-order valence-electron chi connectivity index (χ4n) is 1.82. The van der Waals surface area contributed by atoms with Crippen LogP contribution in [0.4, 0.5) is 5.69 Å². The average molecular weight is 367 g/mol. The Morgan fingerprint density at radius 2 is 2.25 bits per heavy atom. The zero-order chi connectivity index (χ0) is 11.7. The van der Waals surface area contributed by atoms with Crippen LogP contribution in [0.15, 0.2) is 22.7 Å². The summed E-state index contributed by atoms with van der Waals surface area (Å²) < 4.78 is 0.821. The molecule has 0 bridgehead atoms. The Labute approximate surface area is 116 Å². The van der Waals surface area contributed by atoms with E-state index in [1.807, 2.05) is 18.2 Å². The fraction of sp³-hybridized carbons (Fsp3) is 0.364. The second-order valence-corrected chi connectivity index (χ2v) is 5.68. The molecule has 1 aromatic rings. The number of amides is 1. The van der Waals surface area contributed by atoms with Crippen molar-refractivity contribution in [1.29, 1.82) is 0 Å². The molecule has 1 unspecified atom stereocenters. The van der Waals surface area contributed by atoms with Gasteiger partial charge in [-0.25, -0.2) is 0 Å². The van der Waals surface area contributed by atoms with E-state index in [0.717, 1.165) is 22.0 Å². The second kappa shape index (κ2) is 5.07. The highest BCUT2D eigenvalue weighted by atomic mass is 79.9. The van der Waals surface area contributed by atoms with Crippen LogP contribution in [0.2, 0.25) is 5.02 Å². The molecule has 0 aliphatic carbocycles. The number of alkyl halides is 1. The summed E-state index contributed by atoms with van der Waals surface area (Å²) in [5.74, 6) is 0.520. The van der Waals surface area contributed by atoms with Gasteiger partial charge in [-0.3, -0.25) is 4.79 Å². The SMILES string of the molecule is O=C1CC(CBr)CN1c1cccc(Br)c1Cl. The molecule has 1 fully saturated rings. The third-order valence-corrected chi connectivity index (χ3v) is 4.85. The van der Waals surface area contributed by atoms with E-state index < -0.39 is 0 Å². The van der Waals surface area contributed by atoms with E-state index in [1.54, 1.807) is 4.90 Å². The maximum atomic E-state index is 11.8. The molecule has 1 heterocycles. The van der Waals surface area contributed by atoms with Crippen LogP contribution < -0.4 is 4.90 Å². The first-order valence-corrected chi connectivity index (χ1v) is 7.23. The molecule has 1 amide bonds. The van der Waals surface area contributed by atoms with Crippen molar-refractivity contribution >= 4 is 55.1 Å². The van der Waals surface area contributed by atoms with Gasteiger partial charge in [0.1, 0.15) is 0 Å². The lowest BCUT2D eigenvalue weighted by atomic mass is 10.2. The highest BCUT2D eigenvalue weighted by Gasteiger charge is 2.31. The number of rotatable bonds is 2. The summed E-state index contributed by atoms with van der Waals surface area (Å²) in [7, 11) is 0. The summed E-state index contributed by atoms with van der Waals surface area (Å²) in [5, 5.41) is 1.45. The lowest BCUT2D eigenvalue weighted by Crippen LogP contribution is -2.24. The smallest absolute Gasteiger partial charge is 0.227 e. The first kappa shape index (κ1) is 12.4. The molecule has 1 atom stereocenters. The molecule has 0 radical (unpaired) electrons. The van der Waals surface area contributed by atoms with E-state index >= 15 is 0 Å². The van der Waals surface area contributed by atoms with Gasteiger partial charge in [-0.05, 0) is 34.0 Å². The zero-order valence-electron chi connectivity index (χ0n) is 8.42. The van der Waals surface area contributed by atoms with E-state index in [0.29, 0.717) is 17.4 Å². The van der Waals surface area contributed by atoms with Crippen molar-refractivity contribution in [3.8, 4) is 0 Å². The number of anilines is 1. The van der Waals surface area contributed by atoms with Gasteiger partial charge in [0.25, 0.3) is 0 Å². The minimum atomic E-state index is 0.143. The third kappa shape index (κ3) is 2.29. The summed E-state index contributed by atoms with van der Waals surface area (Å²) in [6, 6.07) is 5.63. The summed E-state index contributed by atoms with van der Waals surface area (Å²) in [5.41, 5.74) is 0.796. The van der Waals surface area contributed by atoms with Crippen molar-refractivity contribution < 1.29 is 4.79 Å². The first-order chi connectivity index (χ1) is 7.63. The average Bonchev–Trinajstić information content (AvgIpc) is 2.64. The van der Waals surface area contributed by atoms with Gasteiger partial charge in [0.05, 0.1) is 10.7 Å². The quantitative estimate of drug-likeness (QED) is 0.727.